The van der Waals surface area contributed by atoms with Crippen LogP contribution in [-0.2, 0) is 4.79 Å². The van der Waals surface area contributed by atoms with E-state index in [0.717, 1.165) is 0 Å². The van der Waals surface area contributed by atoms with Crippen LogP contribution in [0.3, 0.4) is 0 Å². The van der Waals surface area contributed by atoms with E-state index >= 15 is 0 Å². The number of benzene rings is 1. The van der Waals surface area contributed by atoms with Crippen molar-refractivity contribution in [3.05, 3.63) is 23.8 Å². The largest absolute Gasteiger partial charge is 0.496 e. The molecule has 2 aliphatic heterocycles. The van der Waals surface area contributed by atoms with E-state index in [1.807, 2.05) is 0 Å². The van der Waals surface area contributed by atoms with E-state index in [1.165, 1.54) is 14.2 Å². The molecule has 0 aliphatic carbocycles. The van der Waals surface area contributed by atoms with Crippen molar-refractivity contribution in [2.24, 2.45) is 5.41 Å². The first-order valence-electron chi connectivity index (χ1n) is 8.86. The van der Waals surface area contributed by atoms with Crippen LogP contribution in [0.2, 0.25) is 0 Å². The lowest BCUT2D eigenvalue weighted by Gasteiger charge is -2.47. The molecule has 26 heavy (non-hydrogen) atoms. The summed E-state index contributed by atoms with van der Waals surface area (Å²) < 4.78 is 10.7. The Kier molecular flexibility index (Phi) is 5.09. The van der Waals surface area contributed by atoms with E-state index in [-0.39, 0.29) is 11.8 Å². The number of hydrogen-bond acceptors (Lipinski definition) is 5. The van der Waals surface area contributed by atoms with Crippen LogP contribution in [0.25, 0.3) is 0 Å². The standard InChI is InChI=1S/C19H26N2O5/c1-20-12-13(22)11-19(18(20)24)7-9-21(10-8-19)17(23)16-14(25-2)5-4-6-15(16)26-3/h4-6,13,22H,7-12H2,1-3H3. The average molecular weight is 362 g/mol. The van der Waals surface area contributed by atoms with Gasteiger partial charge in [0.05, 0.1) is 25.7 Å². The first kappa shape index (κ1) is 18.5. The van der Waals surface area contributed by atoms with Gasteiger partial charge in [-0.15, -0.1) is 0 Å². The van der Waals surface area contributed by atoms with Crippen molar-refractivity contribution in [2.45, 2.75) is 25.4 Å². The Hall–Kier alpha value is -2.28. The van der Waals surface area contributed by atoms with Crippen molar-refractivity contribution in [3.63, 3.8) is 0 Å². The number of methoxy groups -OCH3 is 2. The van der Waals surface area contributed by atoms with Crippen LogP contribution in [0.1, 0.15) is 29.6 Å². The van der Waals surface area contributed by atoms with Crippen LogP contribution >= 0.6 is 0 Å². The number of aliphatic hydroxyl groups is 1. The Bertz CT molecular complexity index is 675. The summed E-state index contributed by atoms with van der Waals surface area (Å²) in [5, 5.41) is 10.1. The minimum Gasteiger partial charge on any atom is -0.496 e. The molecule has 1 aromatic rings. The molecule has 1 spiro atoms. The van der Waals surface area contributed by atoms with Crippen LogP contribution in [0, 0.1) is 5.41 Å². The molecule has 7 heteroatoms. The third-order valence-electron chi connectivity index (χ3n) is 5.56. The summed E-state index contributed by atoms with van der Waals surface area (Å²) in [7, 11) is 4.77. The molecule has 0 bridgehead atoms. The zero-order valence-electron chi connectivity index (χ0n) is 15.5. The zero-order valence-corrected chi connectivity index (χ0v) is 15.5. The van der Waals surface area contributed by atoms with Crippen LogP contribution in [0.5, 0.6) is 11.5 Å². The number of carbonyl (C=O) groups excluding carboxylic acids is 2. The highest BCUT2D eigenvalue weighted by molar-refractivity contribution is 6.00. The molecule has 1 unspecified atom stereocenters. The van der Waals surface area contributed by atoms with Gasteiger partial charge in [-0.3, -0.25) is 9.59 Å². The van der Waals surface area contributed by atoms with Gasteiger partial charge in [-0.05, 0) is 31.4 Å². The van der Waals surface area contributed by atoms with Crippen LogP contribution in [-0.4, -0.2) is 73.7 Å². The number of β-amino-alcohol motifs (C(OH)–C–C–N with tert-alkyl or cyclic N) is 1. The highest BCUT2D eigenvalue weighted by atomic mass is 16.5. The Morgan fingerprint density at radius 2 is 1.77 bits per heavy atom. The molecule has 2 amide bonds. The first-order chi connectivity index (χ1) is 12.4. The van der Waals surface area contributed by atoms with Gasteiger partial charge in [0.2, 0.25) is 5.91 Å². The lowest BCUT2D eigenvalue weighted by molar-refractivity contribution is -0.154. The molecule has 2 heterocycles. The number of likely N-dealkylation sites (N-methyl/N-ethyl adjacent to an activating group) is 1. The second-order valence-electron chi connectivity index (χ2n) is 7.15. The van der Waals surface area contributed by atoms with Gasteiger partial charge in [0.15, 0.2) is 0 Å². The number of piperidine rings is 2. The lowest BCUT2D eigenvalue weighted by Crippen LogP contribution is -2.56. The first-order valence-corrected chi connectivity index (χ1v) is 8.86. The summed E-state index contributed by atoms with van der Waals surface area (Å²) in [5.74, 6) is 0.855. The Morgan fingerprint density at radius 3 is 2.31 bits per heavy atom. The topological polar surface area (TPSA) is 79.3 Å². The predicted octanol–water partition coefficient (Wildman–Crippen LogP) is 1.15. The third-order valence-corrected chi connectivity index (χ3v) is 5.56. The van der Waals surface area contributed by atoms with Gasteiger partial charge in [0.1, 0.15) is 17.1 Å². The summed E-state index contributed by atoms with van der Waals surface area (Å²) in [4.78, 5) is 29.1. The molecular weight excluding hydrogens is 336 g/mol. The van der Waals surface area contributed by atoms with Crippen molar-refractivity contribution < 1.29 is 24.2 Å². The highest BCUT2D eigenvalue weighted by Gasteiger charge is 2.48. The average Bonchev–Trinajstić information content (AvgIpc) is 2.65. The van der Waals surface area contributed by atoms with E-state index in [0.29, 0.717) is 56.0 Å². The van der Waals surface area contributed by atoms with Gasteiger partial charge in [0, 0.05) is 26.7 Å². The molecule has 3 rings (SSSR count). The summed E-state index contributed by atoms with van der Waals surface area (Å²) in [5.41, 5.74) is -0.158. The second-order valence-corrected chi connectivity index (χ2v) is 7.15. The van der Waals surface area contributed by atoms with Gasteiger partial charge in [0.25, 0.3) is 5.91 Å². The molecule has 1 aromatic carbocycles. The number of aliphatic hydroxyl groups excluding tert-OH is 1. The number of rotatable bonds is 3. The summed E-state index contributed by atoms with van der Waals surface area (Å²) in [6.45, 7) is 1.31. The van der Waals surface area contributed by atoms with E-state index in [2.05, 4.69) is 0 Å². The predicted molar refractivity (Wildman–Crippen MR) is 95.4 cm³/mol. The summed E-state index contributed by atoms with van der Waals surface area (Å²) in [6.07, 6.45) is 1.07. The smallest absolute Gasteiger partial charge is 0.261 e. The van der Waals surface area contributed by atoms with Gasteiger partial charge < -0.3 is 24.4 Å². The molecule has 2 saturated heterocycles. The van der Waals surface area contributed by atoms with Crippen molar-refractivity contribution in [2.75, 3.05) is 40.9 Å². The second kappa shape index (κ2) is 7.15. The maximum absolute atomic E-state index is 13.1. The van der Waals surface area contributed by atoms with Gasteiger partial charge in [-0.1, -0.05) is 6.07 Å². The molecule has 7 nitrogen and oxygen atoms in total. The maximum Gasteiger partial charge on any atom is 0.261 e. The van der Waals surface area contributed by atoms with Gasteiger partial charge in [-0.25, -0.2) is 0 Å². The van der Waals surface area contributed by atoms with Gasteiger partial charge in [-0.2, -0.15) is 0 Å². The number of carbonyl (C=O) groups is 2. The summed E-state index contributed by atoms with van der Waals surface area (Å²) in [6, 6.07) is 5.24. The lowest BCUT2D eigenvalue weighted by atomic mass is 9.71. The minimum absolute atomic E-state index is 0.0739. The van der Waals surface area contributed by atoms with Crippen molar-refractivity contribution in [1.82, 2.24) is 9.80 Å². The number of nitrogens with zero attached hydrogens (tertiary/aromatic N) is 2. The quantitative estimate of drug-likeness (QED) is 0.873. The number of hydrogen-bond donors (Lipinski definition) is 1. The van der Waals surface area contributed by atoms with Crippen molar-refractivity contribution in [3.8, 4) is 11.5 Å². The number of amides is 2. The number of likely N-dealkylation sites (tertiary alicyclic amines) is 2. The normalized spacial score (nSPS) is 22.5. The monoisotopic (exact) mass is 362 g/mol. The van der Waals surface area contributed by atoms with Crippen LogP contribution < -0.4 is 9.47 Å². The fourth-order valence-electron chi connectivity index (χ4n) is 4.18. The minimum atomic E-state index is -0.561. The SMILES string of the molecule is COc1cccc(OC)c1C(=O)N1CCC2(CC1)CC(O)CN(C)C2=O. The molecule has 0 saturated carbocycles. The molecule has 1 N–H and O–H groups in total. The molecule has 0 aromatic heterocycles. The van der Waals surface area contributed by atoms with Crippen LogP contribution in [0.4, 0.5) is 0 Å². The molecule has 1 atom stereocenters. The maximum atomic E-state index is 13.1. The van der Waals surface area contributed by atoms with E-state index in [1.54, 1.807) is 35.0 Å². The van der Waals surface area contributed by atoms with Gasteiger partial charge >= 0.3 is 0 Å². The summed E-state index contributed by atoms with van der Waals surface area (Å²) >= 11 is 0. The van der Waals surface area contributed by atoms with Crippen LogP contribution in [0.15, 0.2) is 18.2 Å². The van der Waals surface area contributed by atoms with Crippen molar-refractivity contribution in [1.29, 1.82) is 0 Å². The van der Waals surface area contributed by atoms with Crippen molar-refractivity contribution >= 4 is 11.8 Å². The molecular formula is C19H26N2O5. The molecule has 2 aliphatic rings. The van der Waals surface area contributed by atoms with E-state index in [4.69, 9.17) is 9.47 Å². The Balaban J connectivity index is 1.78. The zero-order chi connectivity index (χ0) is 18.9. The Morgan fingerprint density at radius 1 is 1.19 bits per heavy atom. The van der Waals surface area contributed by atoms with E-state index in [9.17, 15) is 14.7 Å². The molecule has 2 fully saturated rings. The molecule has 142 valence electrons. The Labute approximate surface area is 153 Å². The fourth-order valence-corrected chi connectivity index (χ4v) is 4.18. The number of ether oxygens (including phenoxy) is 2. The molecule has 0 radical (unpaired) electrons. The highest BCUT2D eigenvalue weighted by Crippen LogP contribution is 2.41. The fraction of sp³-hybridized carbons (Fsp3) is 0.579. The third kappa shape index (κ3) is 3.11. The van der Waals surface area contributed by atoms with E-state index < -0.39 is 11.5 Å².